The number of hydrogen-bond acceptors (Lipinski definition) is 1. The van der Waals surface area contributed by atoms with Crippen LogP contribution in [0, 0.1) is 0 Å². The second kappa shape index (κ2) is 3.33. The third-order valence-electron chi connectivity index (χ3n) is 3.43. The van der Waals surface area contributed by atoms with Gasteiger partial charge in [0.15, 0.2) is 0 Å². The molecule has 2 atom stereocenters. The second-order valence-corrected chi connectivity index (χ2v) is 7.32. The van der Waals surface area contributed by atoms with Crippen molar-refractivity contribution < 1.29 is 4.57 Å². The SMILES string of the molecule is CC1c2ccccc2P1(=O)c1ccccc1. The molecule has 0 saturated carbocycles. The fourth-order valence-corrected chi connectivity index (χ4v) is 5.62. The molecule has 1 aliphatic rings. The molecular formula is C14H13OP. The van der Waals surface area contributed by atoms with Gasteiger partial charge in [0.1, 0.15) is 7.14 Å². The minimum Gasteiger partial charge on any atom is -0.313 e. The molecule has 3 rings (SSSR count). The summed E-state index contributed by atoms with van der Waals surface area (Å²) in [7, 11) is -2.33. The summed E-state index contributed by atoms with van der Waals surface area (Å²) >= 11 is 0. The van der Waals surface area contributed by atoms with E-state index in [2.05, 4.69) is 13.0 Å². The minimum absolute atomic E-state index is 0.172. The van der Waals surface area contributed by atoms with Crippen molar-refractivity contribution >= 4 is 17.8 Å². The van der Waals surface area contributed by atoms with Gasteiger partial charge in [-0.1, -0.05) is 61.5 Å². The van der Waals surface area contributed by atoms with E-state index in [1.807, 2.05) is 48.5 Å². The van der Waals surface area contributed by atoms with Gasteiger partial charge >= 0.3 is 0 Å². The maximum atomic E-state index is 13.0. The van der Waals surface area contributed by atoms with Gasteiger partial charge in [-0.25, -0.2) is 0 Å². The van der Waals surface area contributed by atoms with E-state index in [4.69, 9.17) is 0 Å². The van der Waals surface area contributed by atoms with Crippen LogP contribution in [0.5, 0.6) is 0 Å². The minimum atomic E-state index is -2.33. The van der Waals surface area contributed by atoms with Gasteiger partial charge in [-0.15, -0.1) is 0 Å². The number of fused-ring (bicyclic) bond motifs is 1. The van der Waals surface area contributed by atoms with E-state index in [0.29, 0.717) is 0 Å². The van der Waals surface area contributed by atoms with Crippen LogP contribution in [0.1, 0.15) is 18.1 Å². The Hall–Kier alpha value is -1.33. The zero-order valence-corrected chi connectivity index (χ0v) is 10.0. The van der Waals surface area contributed by atoms with E-state index in [1.165, 1.54) is 5.56 Å². The second-order valence-electron chi connectivity index (χ2n) is 4.23. The lowest BCUT2D eigenvalue weighted by molar-refractivity contribution is 0.576. The molecule has 0 amide bonds. The van der Waals surface area contributed by atoms with E-state index >= 15 is 0 Å². The van der Waals surface area contributed by atoms with Crippen LogP contribution < -0.4 is 10.6 Å². The van der Waals surface area contributed by atoms with Gasteiger partial charge in [0.05, 0.1) is 0 Å². The molecule has 2 heteroatoms. The van der Waals surface area contributed by atoms with Gasteiger partial charge in [-0.05, 0) is 5.56 Å². The molecule has 0 aromatic heterocycles. The van der Waals surface area contributed by atoms with Crippen molar-refractivity contribution in [2.24, 2.45) is 0 Å². The summed E-state index contributed by atoms with van der Waals surface area (Å²) in [6.07, 6.45) is 0. The Labute approximate surface area is 95.5 Å². The van der Waals surface area contributed by atoms with Gasteiger partial charge in [0, 0.05) is 16.3 Å². The van der Waals surface area contributed by atoms with Gasteiger partial charge in [-0.3, -0.25) is 0 Å². The maximum Gasteiger partial charge on any atom is 0.150 e. The summed E-state index contributed by atoms with van der Waals surface area (Å²) in [5.41, 5.74) is 1.42. The van der Waals surface area contributed by atoms with Crippen LogP contribution in [0.25, 0.3) is 0 Å². The Bertz CT molecular complexity index is 574. The fraction of sp³-hybridized carbons (Fsp3) is 0.143. The van der Waals surface area contributed by atoms with Crippen LogP contribution in [0.4, 0.5) is 0 Å². The largest absolute Gasteiger partial charge is 0.313 e. The highest BCUT2D eigenvalue weighted by atomic mass is 31.2. The lowest BCUT2D eigenvalue weighted by atomic mass is 10.1. The summed E-state index contributed by atoms with van der Waals surface area (Å²) in [6.45, 7) is 2.07. The van der Waals surface area contributed by atoms with Crippen molar-refractivity contribution in [1.29, 1.82) is 0 Å². The highest BCUT2D eigenvalue weighted by Crippen LogP contribution is 2.65. The summed E-state index contributed by atoms with van der Waals surface area (Å²) in [4.78, 5) is 0. The summed E-state index contributed by atoms with van der Waals surface area (Å²) < 4.78 is 13.0. The summed E-state index contributed by atoms with van der Waals surface area (Å²) in [5.74, 6) is 0. The highest BCUT2D eigenvalue weighted by molar-refractivity contribution is 7.81. The molecule has 0 N–H and O–H groups in total. The third-order valence-corrected chi connectivity index (χ3v) is 6.99. The first kappa shape index (κ1) is 9.86. The predicted molar refractivity (Wildman–Crippen MR) is 68.2 cm³/mol. The highest BCUT2D eigenvalue weighted by Gasteiger charge is 2.45. The van der Waals surface area contributed by atoms with Crippen molar-refractivity contribution in [3.8, 4) is 0 Å². The van der Waals surface area contributed by atoms with E-state index in [0.717, 1.165) is 10.6 Å². The lowest BCUT2D eigenvalue weighted by Gasteiger charge is -2.37. The molecular weight excluding hydrogens is 215 g/mol. The van der Waals surface area contributed by atoms with Gasteiger partial charge in [-0.2, -0.15) is 0 Å². The molecule has 0 aliphatic carbocycles. The molecule has 2 aromatic rings. The molecule has 2 aromatic carbocycles. The fourth-order valence-electron chi connectivity index (χ4n) is 2.49. The molecule has 0 spiro atoms. The average Bonchev–Trinajstić information content (AvgIpc) is 2.38. The van der Waals surface area contributed by atoms with Crippen LogP contribution in [-0.4, -0.2) is 0 Å². The average molecular weight is 228 g/mol. The van der Waals surface area contributed by atoms with Crippen molar-refractivity contribution in [2.75, 3.05) is 0 Å². The summed E-state index contributed by atoms with van der Waals surface area (Å²) in [5, 5.41) is 2.04. The molecule has 1 aliphatic heterocycles. The zero-order chi connectivity index (χ0) is 11.2. The Morgan fingerprint density at radius 3 is 2.31 bits per heavy atom. The predicted octanol–water partition coefficient (Wildman–Crippen LogP) is 3.08. The molecule has 80 valence electrons. The quantitative estimate of drug-likeness (QED) is 0.685. The maximum absolute atomic E-state index is 13.0. The molecule has 2 unspecified atom stereocenters. The Morgan fingerprint density at radius 1 is 0.938 bits per heavy atom. The van der Waals surface area contributed by atoms with Crippen LogP contribution in [0.2, 0.25) is 0 Å². The number of hydrogen-bond donors (Lipinski definition) is 0. The van der Waals surface area contributed by atoms with E-state index < -0.39 is 7.14 Å². The van der Waals surface area contributed by atoms with Crippen LogP contribution in [0.3, 0.4) is 0 Å². The van der Waals surface area contributed by atoms with Gasteiger partial charge in [0.2, 0.25) is 0 Å². The van der Waals surface area contributed by atoms with Gasteiger partial charge in [0.25, 0.3) is 0 Å². The summed E-state index contributed by atoms with van der Waals surface area (Å²) in [6, 6.07) is 17.9. The molecule has 0 bridgehead atoms. The molecule has 0 radical (unpaired) electrons. The van der Waals surface area contributed by atoms with Crippen LogP contribution in [0.15, 0.2) is 54.6 Å². The Morgan fingerprint density at radius 2 is 1.56 bits per heavy atom. The van der Waals surface area contributed by atoms with Crippen LogP contribution in [-0.2, 0) is 4.57 Å². The normalized spacial score (nSPS) is 26.9. The Balaban J connectivity index is 2.21. The zero-order valence-electron chi connectivity index (χ0n) is 9.13. The molecule has 1 nitrogen and oxygen atoms in total. The topological polar surface area (TPSA) is 17.1 Å². The van der Waals surface area contributed by atoms with Crippen molar-refractivity contribution in [2.45, 2.75) is 12.6 Å². The third kappa shape index (κ3) is 1.10. The molecule has 1 heterocycles. The van der Waals surface area contributed by atoms with Gasteiger partial charge < -0.3 is 4.57 Å². The Kier molecular flexibility index (Phi) is 2.05. The molecule has 16 heavy (non-hydrogen) atoms. The monoisotopic (exact) mass is 228 g/mol. The standard InChI is InChI=1S/C14H13OP/c1-11-13-9-5-6-10-14(13)16(11,15)12-7-3-2-4-8-12/h2-11H,1H3. The van der Waals surface area contributed by atoms with E-state index in [-0.39, 0.29) is 5.66 Å². The van der Waals surface area contributed by atoms with Crippen LogP contribution >= 0.6 is 7.14 Å². The first-order valence-corrected chi connectivity index (χ1v) is 7.27. The molecule has 0 fully saturated rings. The van der Waals surface area contributed by atoms with Crippen molar-refractivity contribution in [3.63, 3.8) is 0 Å². The first-order valence-electron chi connectivity index (χ1n) is 5.49. The van der Waals surface area contributed by atoms with Crippen molar-refractivity contribution in [3.05, 3.63) is 60.2 Å². The number of benzene rings is 2. The van der Waals surface area contributed by atoms with Crippen molar-refractivity contribution in [1.82, 2.24) is 0 Å². The molecule has 0 saturated heterocycles. The van der Waals surface area contributed by atoms with E-state index in [1.54, 1.807) is 0 Å². The van der Waals surface area contributed by atoms with E-state index in [9.17, 15) is 4.57 Å². The smallest absolute Gasteiger partial charge is 0.150 e. The first-order chi connectivity index (χ1) is 7.74. The lowest BCUT2D eigenvalue weighted by Crippen LogP contribution is -2.32. The number of rotatable bonds is 1.